The molecule has 1 aromatic carbocycles. The van der Waals surface area contributed by atoms with E-state index in [2.05, 4.69) is 0 Å². The van der Waals surface area contributed by atoms with Gasteiger partial charge in [0.15, 0.2) is 11.9 Å². The number of rotatable bonds is 0. The van der Waals surface area contributed by atoms with Gasteiger partial charge in [-0.3, -0.25) is 0 Å². The van der Waals surface area contributed by atoms with Crippen molar-refractivity contribution < 1.29 is 4.73 Å². The van der Waals surface area contributed by atoms with Crippen LogP contribution in [0.3, 0.4) is 0 Å². The maximum atomic E-state index is 11.4. The van der Waals surface area contributed by atoms with Gasteiger partial charge in [0.05, 0.1) is 5.39 Å². The van der Waals surface area contributed by atoms with Gasteiger partial charge in [-0.1, -0.05) is 18.2 Å². The number of pyridine rings is 1. The average molecular weight is 173 g/mol. The Morgan fingerprint density at radius 2 is 1.69 bits per heavy atom. The van der Waals surface area contributed by atoms with E-state index in [-0.39, 0.29) is 0 Å². The molecule has 0 atom stereocenters. The van der Waals surface area contributed by atoms with Crippen LogP contribution in [0.2, 0.25) is 0 Å². The van der Waals surface area contributed by atoms with E-state index in [1.807, 2.05) is 38.1 Å². The van der Waals surface area contributed by atoms with E-state index in [1.165, 1.54) is 0 Å². The molecule has 1 heterocycles. The molecule has 0 saturated carbocycles. The number of nitrogens with zero attached hydrogens (tertiary/aromatic N) is 1. The van der Waals surface area contributed by atoms with Crippen LogP contribution in [0.4, 0.5) is 0 Å². The maximum absolute atomic E-state index is 11.4. The lowest BCUT2D eigenvalue weighted by Gasteiger charge is -2.06. The Morgan fingerprint density at radius 1 is 1.08 bits per heavy atom. The van der Waals surface area contributed by atoms with Crippen LogP contribution in [0.15, 0.2) is 30.5 Å². The van der Waals surface area contributed by atoms with Crippen LogP contribution in [0.25, 0.3) is 10.8 Å². The normalized spacial score (nSPS) is 10.6. The lowest BCUT2D eigenvalue weighted by molar-refractivity contribution is -0.611. The summed E-state index contributed by atoms with van der Waals surface area (Å²) in [4.78, 5) is 0. The number of aromatic nitrogens is 1. The van der Waals surface area contributed by atoms with Crippen molar-refractivity contribution in [3.63, 3.8) is 0 Å². The summed E-state index contributed by atoms with van der Waals surface area (Å²) < 4.78 is 0.928. The molecule has 0 saturated heterocycles. The maximum Gasteiger partial charge on any atom is 0.197 e. The van der Waals surface area contributed by atoms with E-state index < -0.39 is 0 Å². The third kappa shape index (κ3) is 1.15. The second-order valence-electron chi connectivity index (χ2n) is 3.27. The van der Waals surface area contributed by atoms with Crippen molar-refractivity contribution in [2.45, 2.75) is 13.8 Å². The van der Waals surface area contributed by atoms with E-state index in [9.17, 15) is 5.21 Å². The predicted octanol–water partition coefficient (Wildman–Crippen LogP) is 2.09. The second kappa shape index (κ2) is 2.73. The molecular formula is C11H11NO. The summed E-state index contributed by atoms with van der Waals surface area (Å²) in [6.45, 7) is 3.80. The molecule has 13 heavy (non-hydrogen) atoms. The topological polar surface area (TPSA) is 26.9 Å². The van der Waals surface area contributed by atoms with Gasteiger partial charge >= 0.3 is 0 Å². The Kier molecular flexibility index (Phi) is 1.69. The SMILES string of the molecule is Cc1c[n+]([O-])c(C)c2ccccc12. The number of aryl methyl sites for hydroxylation is 2. The standard InChI is InChI=1S/C11H11NO/c1-8-7-12(13)9(2)11-6-4-3-5-10(8)11/h3-7H,1-2H3. The van der Waals surface area contributed by atoms with Gasteiger partial charge in [-0.05, 0) is 18.4 Å². The summed E-state index contributed by atoms with van der Waals surface area (Å²) in [6.07, 6.45) is 1.62. The zero-order valence-corrected chi connectivity index (χ0v) is 7.74. The molecular weight excluding hydrogens is 162 g/mol. The van der Waals surface area contributed by atoms with Crippen molar-refractivity contribution in [3.05, 3.63) is 46.9 Å². The Hall–Kier alpha value is -1.57. The summed E-state index contributed by atoms with van der Waals surface area (Å²) in [7, 11) is 0. The summed E-state index contributed by atoms with van der Waals surface area (Å²) >= 11 is 0. The van der Waals surface area contributed by atoms with Gasteiger partial charge in [-0.15, -0.1) is 0 Å². The zero-order valence-electron chi connectivity index (χ0n) is 7.74. The van der Waals surface area contributed by atoms with Crippen LogP contribution in [-0.2, 0) is 0 Å². The van der Waals surface area contributed by atoms with Crippen LogP contribution in [-0.4, -0.2) is 0 Å². The molecule has 0 aliphatic rings. The third-order valence-electron chi connectivity index (χ3n) is 2.38. The highest BCUT2D eigenvalue weighted by Gasteiger charge is 2.07. The molecule has 0 amide bonds. The number of fused-ring (bicyclic) bond motifs is 1. The fourth-order valence-corrected chi connectivity index (χ4v) is 1.60. The third-order valence-corrected chi connectivity index (χ3v) is 2.38. The monoisotopic (exact) mass is 173 g/mol. The fraction of sp³-hybridized carbons (Fsp3) is 0.182. The van der Waals surface area contributed by atoms with Crippen LogP contribution < -0.4 is 4.73 Å². The van der Waals surface area contributed by atoms with Crippen molar-refractivity contribution in [1.82, 2.24) is 0 Å². The van der Waals surface area contributed by atoms with E-state index in [0.717, 1.165) is 26.8 Å². The van der Waals surface area contributed by atoms with Gasteiger partial charge in [0.25, 0.3) is 0 Å². The number of hydrogen-bond acceptors (Lipinski definition) is 1. The molecule has 2 nitrogen and oxygen atoms in total. The van der Waals surface area contributed by atoms with Crippen molar-refractivity contribution in [2.24, 2.45) is 0 Å². The molecule has 66 valence electrons. The van der Waals surface area contributed by atoms with Crippen molar-refractivity contribution in [3.8, 4) is 0 Å². The van der Waals surface area contributed by atoms with Gasteiger partial charge < -0.3 is 5.21 Å². The first kappa shape index (κ1) is 8.05. The lowest BCUT2D eigenvalue weighted by Crippen LogP contribution is -2.30. The van der Waals surface area contributed by atoms with E-state index >= 15 is 0 Å². The molecule has 0 spiro atoms. The van der Waals surface area contributed by atoms with E-state index in [4.69, 9.17) is 0 Å². The molecule has 1 aromatic heterocycles. The quantitative estimate of drug-likeness (QED) is 0.442. The van der Waals surface area contributed by atoms with Gasteiger partial charge in [0, 0.05) is 12.5 Å². The molecule has 0 fully saturated rings. The minimum atomic E-state index is 0.765. The van der Waals surface area contributed by atoms with E-state index in [1.54, 1.807) is 6.20 Å². The zero-order chi connectivity index (χ0) is 9.42. The smallest absolute Gasteiger partial charge is 0.197 e. The highest BCUT2D eigenvalue weighted by atomic mass is 16.5. The van der Waals surface area contributed by atoms with Crippen LogP contribution in [0.1, 0.15) is 11.3 Å². The molecule has 0 N–H and O–H groups in total. The first-order valence-electron chi connectivity index (χ1n) is 4.28. The highest BCUT2D eigenvalue weighted by molar-refractivity contribution is 5.85. The first-order valence-corrected chi connectivity index (χ1v) is 4.28. The molecule has 2 aromatic rings. The number of benzene rings is 1. The lowest BCUT2D eigenvalue weighted by atomic mass is 10.1. The second-order valence-corrected chi connectivity index (χ2v) is 3.27. The Balaban J connectivity index is 2.97. The van der Waals surface area contributed by atoms with Gasteiger partial charge in [0.2, 0.25) is 0 Å². The minimum absolute atomic E-state index is 0.765. The minimum Gasteiger partial charge on any atom is -0.618 e. The molecule has 2 heteroatoms. The molecule has 0 aliphatic heterocycles. The average Bonchev–Trinajstić information content (AvgIpc) is 2.15. The Labute approximate surface area is 77.0 Å². The van der Waals surface area contributed by atoms with Gasteiger partial charge in [-0.25, -0.2) is 0 Å². The van der Waals surface area contributed by atoms with Crippen molar-refractivity contribution in [1.29, 1.82) is 0 Å². The van der Waals surface area contributed by atoms with Crippen molar-refractivity contribution >= 4 is 10.8 Å². The van der Waals surface area contributed by atoms with Crippen LogP contribution in [0, 0.1) is 19.1 Å². The molecule has 0 radical (unpaired) electrons. The molecule has 0 aliphatic carbocycles. The van der Waals surface area contributed by atoms with E-state index in [0.29, 0.717) is 0 Å². The van der Waals surface area contributed by atoms with Gasteiger partial charge in [0.1, 0.15) is 0 Å². The largest absolute Gasteiger partial charge is 0.618 e. The number of hydrogen-bond donors (Lipinski definition) is 0. The Bertz CT molecular complexity index is 463. The highest BCUT2D eigenvalue weighted by Crippen LogP contribution is 2.18. The summed E-state index contributed by atoms with van der Waals surface area (Å²) in [6, 6.07) is 7.96. The van der Waals surface area contributed by atoms with Crippen LogP contribution in [0.5, 0.6) is 0 Å². The first-order chi connectivity index (χ1) is 6.20. The van der Waals surface area contributed by atoms with Gasteiger partial charge in [-0.2, -0.15) is 4.73 Å². The fourth-order valence-electron chi connectivity index (χ4n) is 1.60. The van der Waals surface area contributed by atoms with Crippen molar-refractivity contribution in [2.75, 3.05) is 0 Å². The summed E-state index contributed by atoms with van der Waals surface area (Å²) in [5, 5.41) is 13.6. The summed E-state index contributed by atoms with van der Waals surface area (Å²) in [5.41, 5.74) is 1.79. The van der Waals surface area contributed by atoms with Crippen LogP contribution >= 0.6 is 0 Å². The predicted molar refractivity (Wildman–Crippen MR) is 52.4 cm³/mol. The molecule has 2 rings (SSSR count). The molecule has 0 bridgehead atoms. The summed E-state index contributed by atoms with van der Waals surface area (Å²) in [5.74, 6) is 0. The molecule has 0 unspecified atom stereocenters. The Morgan fingerprint density at radius 3 is 2.38 bits per heavy atom.